The molecule has 0 aliphatic rings. The Hall–Kier alpha value is -2.24. The molecule has 1 aromatic heterocycles. The Balaban J connectivity index is 2.16. The quantitative estimate of drug-likeness (QED) is 0.737. The molecule has 2 rings (SSSR count). The fourth-order valence-electron chi connectivity index (χ4n) is 2.08. The molecule has 26 heavy (non-hydrogen) atoms. The van der Waals surface area contributed by atoms with Gasteiger partial charge in [-0.2, -0.15) is 18.4 Å². The summed E-state index contributed by atoms with van der Waals surface area (Å²) in [6.45, 7) is 3.21. The Bertz CT molecular complexity index is 894. The highest BCUT2D eigenvalue weighted by molar-refractivity contribution is 8.00. The van der Waals surface area contributed by atoms with E-state index >= 15 is 0 Å². The van der Waals surface area contributed by atoms with E-state index in [1.807, 2.05) is 6.92 Å². The maximum atomic E-state index is 13.1. The number of rotatable bonds is 4. The van der Waals surface area contributed by atoms with Gasteiger partial charge < -0.3 is 5.32 Å². The third kappa shape index (κ3) is 4.90. The van der Waals surface area contributed by atoms with Crippen molar-refractivity contribution >= 4 is 35.0 Å². The third-order valence-electron chi connectivity index (χ3n) is 3.33. The average molecular weight is 400 g/mol. The number of nitriles is 1. The minimum Gasteiger partial charge on any atom is -0.325 e. The first-order valence-electron chi connectivity index (χ1n) is 7.29. The second-order valence-electron chi connectivity index (χ2n) is 5.40. The number of halogens is 4. The first-order valence-corrected chi connectivity index (χ1v) is 8.66. The molecule has 4 nitrogen and oxygen atoms in total. The number of nitrogens with zero attached hydrogens (tertiary/aromatic N) is 2. The summed E-state index contributed by atoms with van der Waals surface area (Å²) in [5.74, 6) is -0.649. The van der Waals surface area contributed by atoms with Crippen LogP contribution in [0, 0.1) is 25.2 Å². The maximum Gasteiger partial charge on any atom is 0.417 e. The highest BCUT2D eigenvalue weighted by Gasteiger charge is 2.35. The van der Waals surface area contributed by atoms with Gasteiger partial charge in [0.1, 0.15) is 11.1 Å². The molecule has 1 amide bonds. The molecular weight excluding hydrogens is 387 g/mol. The number of hydrogen-bond acceptors (Lipinski definition) is 4. The fraction of sp³-hybridized carbons (Fsp3) is 0.235. The molecule has 1 N–H and O–H groups in total. The Kier molecular flexibility index (Phi) is 6.16. The summed E-state index contributed by atoms with van der Waals surface area (Å²) in [6.07, 6.45) is -4.67. The Morgan fingerprint density at radius 1 is 1.35 bits per heavy atom. The number of hydrogen-bond donors (Lipinski definition) is 1. The van der Waals surface area contributed by atoms with Crippen LogP contribution in [-0.2, 0) is 11.0 Å². The lowest BCUT2D eigenvalue weighted by molar-refractivity contribution is -0.138. The summed E-state index contributed by atoms with van der Waals surface area (Å²) >= 11 is 6.75. The van der Waals surface area contributed by atoms with Crippen LogP contribution in [0.5, 0.6) is 0 Å². The number of aromatic nitrogens is 1. The topological polar surface area (TPSA) is 65.8 Å². The number of benzene rings is 1. The van der Waals surface area contributed by atoms with Crippen molar-refractivity contribution < 1.29 is 18.0 Å². The van der Waals surface area contributed by atoms with Crippen LogP contribution in [0.2, 0.25) is 5.02 Å². The third-order valence-corrected chi connectivity index (χ3v) is 4.71. The van der Waals surface area contributed by atoms with Gasteiger partial charge in [0.2, 0.25) is 5.91 Å². The second-order valence-corrected chi connectivity index (χ2v) is 6.77. The number of amides is 1. The van der Waals surface area contributed by atoms with Gasteiger partial charge in [0.15, 0.2) is 0 Å². The Morgan fingerprint density at radius 2 is 2.04 bits per heavy atom. The van der Waals surface area contributed by atoms with Crippen LogP contribution in [0.25, 0.3) is 0 Å². The van der Waals surface area contributed by atoms with Gasteiger partial charge in [-0.1, -0.05) is 29.4 Å². The molecule has 0 radical (unpaired) electrons. The van der Waals surface area contributed by atoms with Crippen molar-refractivity contribution in [2.24, 2.45) is 0 Å². The average Bonchev–Trinajstić information content (AvgIpc) is 2.55. The van der Waals surface area contributed by atoms with E-state index in [0.717, 1.165) is 23.4 Å². The van der Waals surface area contributed by atoms with Crippen LogP contribution >= 0.6 is 23.4 Å². The first kappa shape index (κ1) is 20.1. The first-order chi connectivity index (χ1) is 12.1. The van der Waals surface area contributed by atoms with Gasteiger partial charge in [-0.3, -0.25) is 4.79 Å². The van der Waals surface area contributed by atoms with Gasteiger partial charge in [-0.25, -0.2) is 4.98 Å². The van der Waals surface area contributed by atoms with Gasteiger partial charge >= 0.3 is 6.18 Å². The Labute approximate surface area is 157 Å². The number of carbonyl (C=O) groups excluding carboxylic acids is 1. The molecule has 1 heterocycles. The second kappa shape index (κ2) is 7.98. The smallest absolute Gasteiger partial charge is 0.325 e. The molecule has 9 heteroatoms. The van der Waals surface area contributed by atoms with Gasteiger partial charge in [0.05, 0.1) is 16.9 Å². The molecule has 0 aliphatic heterocycles. The number of aryl methyl sites for hydroxylation is 2. The van der Waals surface area contributed by atoms with Crippen LogP contribution in [0.4, 0.5) is 18.9 Å². The number of anilines is 1. The molecule has 0 unspecified atom stereocenters. The molecule has 136 valence electrons. The monoisotopic (exact) mass is 399 g/mol. The molecule has 0 fully saturated rings. The predicted molar refractivity (Wildman–Crippen MR) is 94.2 cm³/mol. The summed E-state index contributed by atoms with van der Waals surface area (Å²) in [7, 11) is 0. The predicted octanol–water partition coefficient (Wildman–Crippen LogP) is 4.97. The van der Waals surface area contributed by atoms with E-state index in [4.69, 9.17) is 16.9 Å². The van der Waals surface area contributed by atoms with Crippen molar-refractivity contribution in [3.8, 4) is 6.07 Å². The lowest BCUT2D eigenvalue weighted by atomic mass is 10.1. The summed E-state index contributed by atoms with van der Waals surface area (Å²) in [5.41, 5.74) is -0.203. The van der Waals surface area contributed by atoms with Crippen LogP contribution in [0.3, 0.4) is 0 Å². The van der Waals surface area contributed by atoms with E-state index in [1.165, 1.54) is 13.0 Å². The number of alkyl halides is 3. The summed E-state index contributed by atoms with van der Waals surface area (Å²) < 4.78 is 39.2. The molecule has 0 aliphatic carbocycles. The van der Waals surface area contributed by atoms with Crippen molar-refractivity contribution in [1.29, 1.82) is 5.26 Å². The molecule has 0 bridgehead atoms. The molecule has 0 saturated heterocycles. The van der Waals surface area contributed by atoms with E-state index in [9.17, 15) is 18.0 Å². The number of pyridine rings is 1. The molecule has 0 saturated carbocycles. The van der Waals surface area contributed by atoms with Crippen molar-refractivity contribution in [3.63, 3.8) is 0 Å². The SMILES string of the molecule is Cc1cc(C(F)(F)F)c(C#N)c(SCC(=O)Nc2ccc(C)c(Cl)c2)n1. The van der Waals surface area contributed by atoms with Gasteiger partial charge in [0, 0.05) is 16.4 Å². The van der Waals surface area contributed by atoms with Gasteiger partial charge in [-0.15, -0.1) is 0 Å². The lowest BCUT2D eigenvalue weighted by Gasteiger charge is -2.13. The highest BCUT2D eigenvalue weighted by atomic mass is 35.5. The zero-order valence-electron chi connectivity index (χ0n) is 13.7. The van der Waals surface area contributed by atoms with Crippen molar-refractivity contribution in [1.82, 2.24) is 4.98 Å². The summed E-state index contributed by atoms with van der Waals surface area (Å²) in [4.78, 5) is 16.0. The molecule has 0 atom stereocenters. The standard InChI is InChI=1S/C17H13ClF3N3OS/c1-9-3-4-11(6-14(9)18)24-15(25)8-26-16-12(7-22)13(17(19,20)21)5-10(2)23-16/h3-6H,8H2,1-2H3,(H,24,25). The maximum absolute atomic E-state index is 13.1. The molecule has 1 aromatic carbocycles. The Morgan fingerprint density at radius 3 is 2.62 bits per heavy atom. The largest absolute Gasteiger partial charge is 0.417 e. The van der Waals surface area contributed by atoms with Crippen LogP contribution in [-0.4, -0.2) is 16.6 Å². The normalized spacial score (nSPS) is 11.1. The van der Waals surface area contributed by atoms with Gasteiger partial charge in [0.25, 0.3) is 0 Å². The molecule has 2 aromatic rings. The summed E-state index contributed by atoms with van der Waals surface area (Å²) in [5, 5.41) is 12.0. The van der Waals surface area contributed by atoms with Crippen molar-refractivity contribution in [2.45, 2.75) is 25.0 Å². The number of carbonyl (C=O) groups is 1. The highest BCUT2D eigenvalue weighted by Crippen LogP contribution is 2.35. The number of nitrogens with one attached hydrogen (secondary N) is 1. The fourth-order valence-corrected chi connectivity index (χ4v) is 3.11. The molecular formula is C17H13ClF3N3OS. The van der Waals surface area contributed by atoms with Crippen molar-refractivity contribution in [3.05, 3.63) is 51.7 Å². The van der Waals surface area contributed by atoms with E-state index < -0.39 is 23.2 Å². The lowest BCUT2D eigenvalue weighted by Crippen LogP contribution is -2.15. The van der Waals surface area contributed by atoms with E-state index in [-0.39, 0.29) is 16.5 Å². The van der Waals surface area contributed by atoms with Crippen LogP contribution < -0.4 is 5.32 Å². The van der Waals surface area contributed by atoms with Crippen LogP contribution in [0.1, 0.15) is 22.4 Å². The minimum absolute atomic E-state index is 0.115. The zero-order valence-corrected chi connectivity index (χ0v) is 15.3. The van der Waals surface area contributed by atoms with Crippen molar-refractivity contribution in [2.75, 3.05) is 11.1 Å². The van der Waals surface area contributed by atoms with Crippen LogP contribution in [0.15, 0.2) is 29.3 Å². The van der Waals surface area contributed by atoms with E-state index in [0.29, 0.717) is 10.7 Å². The minimum atomic E-state index is -4.67. The summed E-state index contributed by atoms with van der Waals surface area (Å²) in [6, 6.07) is 7.32. The number of thioether (sulfide) groups is 1. The van der Waals surface area contributed by atoms with E-state index in [1.54, 1.807) is 18.2 Å². The van der Waals surface area contributed by atoms with E-state index in [2.05, 4.69) is 10.3 Å². The van der Waals surface area contributed by atoms with Gasteiger partial charge in [-0.05, 0) is 37.6 Å². The molecule has 0 spiro atoms. The zero-order chi connectivity index (χ0) is 19.5.